The lowest BCUT2D eigenvalue weighted by molar-refractivity contribution is 0.101. The van der Waals surface area contributed by atoms with Crippen LogP contribution in [0.3, 0.4) is 0 Å². The highest BCUT2D eigenvalue weighted by atomic mass is 16.5. The second-order valence-electron chi connectivity index (χ2n) is 6.74. The van der Waals surface area contributed by atoms with Crippen LogP contribution in [0, 0.1) is 20.8 Å². The van der Waals surface area contributed by atoms with Gasteiger partial charge in [-0.15, -0.1) is 0 Å². The molecule has 0 amide bonds. The molecule has 0 aliphatic carbocycles. The Kier molecular flexibility index (Phi) is 4.32. The maximum absolute atomic E-state index is 12.6. The highest BCUT2D eigenvalue weighted by molar-refractivity contribution is 6.14. The average molecular weight is 360 g/mol. The van der Waals surface area contributed by atoms with Crippen LogP contribution in [0.2, 0.25) is 0 Å². The number of allylic oxidation sites excluding steroid dienone is 1. The number of hydrogen-bond donors (Lipinski definition) is 0. The second kappa shape index (κ2) is 6.80. The van der Waals surface area contributed by atoms with Crippen molar-refractivity contribution in [2.45, 2.75) is 27.4 Å². The minimum atomic E-state index is -0.148. The first-order valence-corrected chi connectivity index (χ1v) is 8.83. The molecule has 0 radical (unpaired) electrons. The molecular formula is C23H20O4. The van der Waals surface area contributed by atoms with Gasteiger partial charge in [-0.1, -0.05) is 23.8 Å². The fourth-order valence-corrected chi connectivity index (χ4v) is 3.14. The minimum absolute atomic E-state index is 0.148. The zero-order valence-corrected chi connectivity index (χ0v) is 15.5. The molecule has 0 bridgehead atoms. The van der Waals surface area contributed by atoms with Gasteiger partial charge in [-0.25, -0.2) is 0 Å². The molecule has 0 saturated heterocycles. The quantitative estimate of drug-likeness (QED) is 0.585. The summed E-state index contributed by atoms with van der Waals surface area (Å²) in [5.41, 5.74) is 4.89. The molecule has 0 spiro atoms. The van der Waals surface area contributed by atoms with Crippen LogP contribution in [0.5, 0.6) is 11.5 Å². The van der Waals surface area contributed by atoms with Gasteiger partial charge in [0.2, 0.25) is 5.78 Å². The van der Waals surface area contributed by atoms with Gasteiger partial charge >= 0.3 is 0 Å². The summed E-state index contributed by atoms with van der Waals surface area (Å²) in [4.78, 5) is 12.6. The van der Waals surface area contributed by atoms with Crippen LogP contribution in [0.25, 0.3) is 6.08 Å². The maximum atomic E-state index is 12.6. The standard InChI is InChI=1S/C23H20O4/c1-14-6-7-15(2)17(11-14)13-26-20-9-8-19-22(24)21(27-23(19)16(20)3)12-18-5-4-10-25-18/h4-12H,13H2,1-3H3/b21-12-. The van der Waals surface area contributed by atoms with Gasteiger partial charge in [0.25, 0.3) is 0 Å². The van der Waals surface area contributed by atoms with Crippen molar-refractivity contribution in [3.8, 4) is 11.5 Å². The normalized spacial score (nSPS) is 14.3. The van der Waals surface area contributed by atoms with E-state index in [0.29, 0.717) is 29.4 Å². The smallest absolute Gasteiger partial charge is 0.232 e. The number of benzene rings is 2. The van der Waals surface area contributed by atoms with E-state index in [1.54, 1.807) is 30.5 Å². The first kappa shape index (κ1) is 17.2. The van der Waals surface area contributed by atoms with Crippen LogP contribution in [0.1, 0.15) is 38.4 Å². The molecule has 27 heavy (non-hydrogen) atoms. The van der Waals surface area contributed by atoms with Crippen molar-refractivity contribution in [3.05, 3.63) is 88.1 Å². The Labute approximate surface area is 158 Å². The predicted octanol–water partition coefficient (Wildman–Crippen LogP) is 5.40. The van der Waals surface area contributed by atoms with Crippen molar-refractivity contribution in [1.82, 2.24) is 0 Å². The Morgan fingerprint density at radius 3 is 2.70 bits per heavy atom. The van der Waals surface area contributed by atoms with Crippen molar-refractivity contribution in [2.75, 3.05) is 0 Å². The molecule has 0 unspecified atom stereocenters. The van der Waals surface area contributed by atoms with E-state index < -0.39 is 0 Å². The number of fused-ring (bicyclic) bond motifs is 1. The lowest BCUT2D eigenvalue weighted by atomic mass is 10.1. The molecule has 0 atom stereocenters. The lowest BCUT2D eigenvalue weighted by Crippen LogP contribution is -2.00. The molecule has 0 saturated carbocycles. The van der Waals surface area contributed by atoms with Gasteiger partial charge in [-0.05, 0) is 56.2 Å². The van der Waals surface area contributed by atoms with Crippen molar-refractivity contribution in [2.24, 2.45) is 0 Å². The molecule has 136 valence electrons. The third-order valence-corrected chi connectivity index (χ3v) is 4.74. The Hall–Kier alpha value is -3.27. The van der Waals surface area contributed by atoms with Gasteiger partial charge in [-0.3, -0.25) is 4.79 Å². The molecule has 0 fully saturated rings. The highest BCUT2D eigenvalue weighted by Gasteiger charge is 2.30. The Morgan fingerprint density at radius 2 is 1.93 bits per heavy atom. The van der Waals surface area contributed by atoms with E-state index in [2.05, 4.69) is 32.0 Å². The number of ether oxygens (including phenoxy) is 2. The van der Waals surface area contributed by atoms with Crippen molar-refractivity contribution < 1.29 is 18.7 Å². The number of rotatable bonds is 4. The highest BCUT2D eigenvalue weighted by Crippen LogP contribution is 2.39. The predicted molar refractivity (Wildman–Crippen MR) is 103 cm³/mol. The molecule has 1 aliphatic rings. The fraction of sp³-hybridized carbons (Fsp3) is 0.174. The average Bonchev–Trinajstić information content (AvgIpc) is 3.27. The van der Waals surface area contributed by atoms with E-state index in [1.165, 1.54) is 11.1 Å². The SMILES string of the molecule is Cc1ccc(C)c(COc2ccc3c(c2C)O/C(=C\c2ccco2)C3=O)c1. The van der Waals surface area contributed by atoms with E-state index in [-0.39, 0.29) is 11.5 Å². The summed E-state index contributed by atoms with van der Waals surface area (Å²) < 4.78 is 17.1. The van der Waals surface area contributed by atoms with E-state index >= 15 is 0 Å². The summed E-state index contributed by atoms with van der Waals surface area (Å²) >= 11 is 0. The summed E-state index contributed by atoms with van der Waals surface area (Å²) in [6.45, 7) is 6.51. The molecule has 0 N–H and O–H groups in total. The third-order valence-electron chi connectivity index (χ3n) is 4.74. The van der Waals surface area contributed by atoms with Crippen LogP contribution >= 0.6 is 0 Å². The summed E-state index contributed by atoms with van der Waals surface area (Å²) in [5, 5.41) is 0. The van der Waals surface area contributed by atoms with Crippen molar-refractivity contribution >= 4 is 11.9 Å². The number of aryl methyl sites for hydroxylation is 2. The number of furan rings is 1. The zero-order chi connectivity index (χ0) is 19.0. The van der Waals surface area contributed by atoms with Crippen LogP contribution in [-0.4, -0.2) is 5.78 Å². The molecule has 1 aromatic heterocycles. The van der Waals surface area contributed by atoms with Crippen LogP contribution in [0.15, 0.2) is 58.9 Å². The molecule has 2 aromatic carbocycles. The van der Waals surface area contributed by atoms with Crippen molar-refractivity contribution in [3.63, 3.8) is 0 Å². The third kappa shape index (κ3) is 3.26. The molecule has 4 heteroatoms. The topological polar surface area (TPSA) is 48.7 Å². The van der Waals surface area contributed by atoms with E-state index in [9.17, 15) is 4.79 Å². The number of carbonyl (C=O) groups is 1. The van der Waals surface area contributed by atoms with E-state index in [1.807, 2.05) is 13.0 Å². The van der Waals surface area contributed by atoms with Crippen LogP contribution in [-0.2, 0) is 6.61 Å². The Balaban J connectivity index is 1.59. The first-order chi connectivity index (χ1) is 13.0. The van der Waals surface area contributed by atoms with Gasteiger partial charge in [0.05, 0.1) is 11.8 Å². The van der Waals surface area contributed by atoms with Crippen LogP contribution in [0.4, 0.5) is 0 Å². The maximum Gasteiger partial charge on any atom is 0.232 e. The van der Waals surface area contributed by atoms with Crippen LogP contribution < -0.4 is 9.47 Å². The molecule has 4 rings (SSSR count). The number of ketones is 1. The van der Waals surface area contributed by atoms with E-state index in [0.717, 1.165) is 11.1 Å². The second-order valence-corrected chi connectivity index (χ2v) is 6.74. The summed E-state index contributed by atoms with van der Waals surface area (Å²) in [6.07, 6.45) is 3.17. The lowest BCUT2D eigenvalue weighted by Gasteiger charge is -2.13. The van der Waals surface area contributed by atoms with Gasteiger partial charge in [0.15, 0.2) is 5.76 Å². The molecule has 3 aromatic rings. The molecule has 1 aliphatic heterocycles. The Morgan fingerprint density at radius 1 is 1.07 bits per heavy atom. The number of carbonyl (C=O) groups excluding carboxylic acids is 1. The fourth-order valence-electron chi connectivity index (χ4n) is 3.14. The van der Waals surface area contributed by atoms with Gasteiger partial charge in [-0.2, -0.15) is 0 Å². The zero-order valence-electron chi connectivity index (χ0n) is 15.5. The summed E-state index contributed by atoms with van der Waals surface area (Å²) in [7, 11) is 0. The first-order valence-electron chi connectivity index (χ1n) is 8.83. The largest absolute Gasteiger partial charge is 0.488 e. The molecular weight excluding hydrogens is 340 g/mol. The number of hydrogen-bond acceptors (Lipinski definition) is 4. The minimum Gasteiger partial charge on any atom is -0.488 e. The van der Waals surface area contributed by atoms with Gasteiger partial charge < -0.3 is 13.9 Å². The molecule has 4 nitrogen and oxygen atoms in total. The summed E-state index contributed by atoms with van der Waals surface area (Å²) in [5.74, 6) is 1.95. The van der Waals surface area contributed by atoms with Crippen molar-refractivity contribution in [1.29, 1.82) is 0 Å². The summed E-state index contributed by atoms with van der Waals surface area (Å²) in [6, 6.07) is 13.4. The Bertz CT molecular complexity index is 1040. The number of Topliss-reactive ketones (excluding diaryl/α,β-unsaturated/α-hetero) is 1. The van der Waals surface area contributed by atoms with Gasteiger partial charge in [0.1, 0.15) is 23.9 Å². The van der Waals surface area contributed by atoms with Gasteiger partial charge in [0, 0.05) is 11.6 Å². The molecule has 2 heterocycles. The monoisotopic (exact) mass is 360 g/mol. The van der Waals surface area contributed by atoms with E-state index in [4.69, 9.17) is 13.9 Å².